The topological polar surface area (TPSA) is 67.5 Å². The summed E-state index contributed by atoms with van der Waals surface area (Å²) < 4.78 is 11.2. The maximum Gasteiger partial charge on any atom is 0.248 e. The first kappa shape index (κ1) is 17.4. The van der Waals surface area contributed by atoms with E-state index in [0.717, 1.165) is 38.0 Å². The van der Waals surface area contributed by atoms with Gasteiger partial charge in [0.2, 0.25) is 5.91 Å². The third-order valence-electron chi connectivity index (χ3n) is 5.01. The van der Waals surface area contributed by atoms with Crippen LogP contribution in [-0.4, -0.2) is 54.0 Å². The van der Waals surface area contributed by atoms with Crippen molar-refractivity contribution in [1.29, 1.82) is 0 Å². The van der Waals surface area contributed by atoms with Crippen molar-refractivity contribution < 1.29 is 14.3 Å². The standard InChI is InChI=1S/C18H29N3O3/c1-21(18(22)13-23-12-14-7-5-6-10-24-14)11-17-15-8-3-2-4-9-16(15)19-20-17/h14H,2-13H2,1H3,(H,19,20). The maximum absolute atomic E-state index is 12.3. The van der Waals surface area contributed by atoms with Crippen LogP contribution in [0.2, 0.25) is 0 Å². The number of aromatic nitrogens is 2. The van der Waals surface area contributed by atoms with Crippen LogP contribution in [0.3, 0.4) is 0 Å². The second kappa shape index (κ2) is 8.62. The van der Waals surface area contributed by atoms with Crippen molar-refractivity contribution in [3.63, 3.8) is 0 Å². The number of likely N-dealkylation sites (N-methyl/N-ethyl adjacent to an activating group) is 1. The van der Waals surface area contributed by atoms with Crippen LogP contribution >= 0.6 is 0 Å². The second-order valence-electron chi connectivity index (χ2n) is 6.94. The summed E-state index contributed by atoms with van der Waals surface area (Å²) >= 11 is 0. The summed E-state index contributed by atoms with van der Waals surface area (Å²) in [6.07, 6.45) is 9.35. The Morgan fingerprint density at radius 3 is 3.00 bits per heavy atom. The first-order valence-corrected chi connectivity index (χ1v) is 9.22. The molecule has 1 aliphatic carbocycles. The van der Waals surface area contributed by atoms with Crippen molar-refractivity contribution in [2.24, 2.45) is 0 Å². The lowest BCUT2D eigenvalue weighted by Crippen LogP contribution is -2.32. The van der Waals surface area contributed by atoms with Gasteiger partial charge in [0.25, 0.3) is 0 Å². The normalized spacial score (nSPS) is 21.1. The van der Waals surface area contributed by atoms with Crippen LogP contribution in [0.4, 0.5) is 0 Å². The third-order valence-corrected chi connectivity index (χ3v) is 5.01. The van der Waals surface area contributed by atoms with Gasteiger partial charge in [-0.3, -0.25) is 9.89 Å². The molecule has 6 heteroatoms. The molecule has 2 aliphatic rings. The zero-order valence-electron chi connectivity index (χ0n) is 14.7. The van der Waals surface area contributed by atoms with E-state index in [4.69, 9.17) is 9.47 Å². The quantitative estimate of drug-likeness (QED) is 0.810. The highest BCUT2D eigenvalue weighted by atomic mass is 16.5. The molecular weight excluding hydrogens is 306 g/mol. The molecule has 1 saturated heterocycles. The van der Waals surface area contributed by atoms with E-state index in [0.29, 0.717) is 13.2 Å². The number of ether oxygens (including phenoxy) is 2. The number of hydrogen-bond acceptors (Lipinski definition) is 4. The van der Waals surface area contributed by atoms with Gasteiger partial charge in [-0.1, -0.05) is 6.42 Å². The summed E-state index contributed by atoms with van der Waals surface area (Å²) in [5.41, 5.74) is 3.59. The second-order valence-corrected chi connectivity index (χ2v) is 6.94. The average molecular weight is 335 g/mol. The Morgan fingerprint density at radius 2 is 2.17 bits per heavy atom. The zero-order chi connectivity index (χ0) is 16.8. The lowest BCUT2D eigenvalue weighted by atomic mass is 10.1. The number of H-pyrrole nitrogens is 1. The van der Waals surface area contributed by atoms with Gasteiger partial charge >= 0.3 is 0 Å². The van der Waals surface area contributed by atoms with Gasteiger partial charge in [-0.25, -0.2) is 0 Å². The summed E-state index contributed by atoms with van der Waals surface area (Å²) in [6, 6.07) is 0. The molecule has 1 atom stereocenters. The van der Waals surface area contributed by atoms with Gasteiger partial charge in [-0.15, -0.1) is 0 Å². The molecule has 0 spiro atoms. The van der Waals surface area contributed by atoms with Crippen LogP contribution in [-0.2, 0) is 33.7 Å². The molecule has 1 N–H and O–H groups in total. The maximum atomic E-state index is 12.3. The molecular formula is C18H29N3O3. The van der Waals surface area contributed by atoms with E-state index >= 15 is 0 Å². The van der Waals surface area contributed by atoms with Crippen LogP contribution in [0, 0.1) is 0 Å². The number of aromatic amines is 1. The molecule has 1 aromatic heterocycles. The zero-order valence-corrected chi connectivity index (χ0v) is 14.7. The van der Waals surface area contributed by atoms with Crippen LogP contribution in [0.25, 0.3) is 0 Å². The first-order valence-electron chi connectivity index (χ1n) is 9.22. The molecule has 0 saturated carbocycles. The SMILES string of the molecule is CN(Cc1n[nH]c2c1CCCCC2)C(=O)COCC1CCCCO1. The van der Waals surface area contributed by atoms with Crippen molar-refractivity contribution in [2.75, 3.05) is 26.9 Å². The minimum Gasteiger partial charge on any atom is -0.376 e. The number of aryl methyl sites for hydroxylation is 1. The van der Waals surface area contributed by atoms with Crippen LogP contribution in [0.5, 0.6) is 0 Å². The molecule has 0 aromatic carbocycles. The Morgan fingerprint density at radius 1 is 1.29 bits per heavy atom. The Bertz CT molecular complexity index is 538. The van der Waals surface area contributed by atoms with E-state index in [2.05, 4.69) is 10.2 Å². The van der Waals surface area contributed by atoms with Crippen LogP contribution in [0.1, 0.15) is 55.5 Å². The van der Waals surface area contributed by atoms with Gasteiger partial charge < -0.3 is 14.4 Å². The average Bonchev–Trinajstić information content (AvgIpc) is 2.82. The molecule has 0 bridgehead atoms. The van der Waals surface area contributed by atoms with Crippen molar-refractivity contribution in [3.8, 4) is 0 Å². The van der Waals surface area contributed by atoms with E-state index in [1.165, 1.54) is 36.9 Å². The Kier molecular flexibility index (Phi) is 6.26. The van der Waals surface area contributed by atoms with Gasteiger partial charge in [-0.05, 0) is 50.5 Å². The van der Waals surface area contributed by atoms with Gasteiger partial charge in [-0.2, -0.15) is 5.10 Å². The Labute approximate surface area is 143 Å². The summed E-state index contributed by atoms with van der Waals surface area (Å²) in [4.78, 5) is 14.0. The fourth-order valence-corrected chi connectivity index (χ4v) is 3.50. The molecule has 1 amide bonds. The summed E-state index contributed by atoms with van der Waals surface area (Å²) in [7, 11) is 1.82. The monoisotopic (exact) mass is 335 g/mol. The molecule has 1 fully saturated rings. The number of carbonyl (C=O) groups is 1. The van der Waals surface area contributed by atoms with E-state index < -0.39 is 0 Å². The van der Waals surface area contributed by atoms with E-state index in [9.17, 15) is 4.79 Å². The number of nitrogens with one attached hydrogen (secondary N) is 1. The molecule has 2 heterocycles. The minimum absolute atomic E-state index is 0.00354. The fraction of sp³-hybridized carbons (Fsp3) is 0.778. The largest absolute Gasteiger partial charge is 0.376 e. The van der Waals surface area contributed by atoms with Crippen molar-refractivity contribution in [2.45, 2.75) is 64.0 Å². The number of hydrogen-bond donors (Lipinski definition) is 1. The number of carbonyl (C=O) groups excluding carboxylic acids is 1. The highest BCUT2D eigenvalue weighted by Gasteiger charge is 2.19. The fourth-order valence-electron chi connectivity index (χ4n) is 3.50. The number of amides is 1. The van der Waals surface area contributed by atoms with Gasteiger partial charge in [0.05, 0.1) is 24.9 Å². The molecule has 134 valence electrons. The van der Waals surface area contributed by atoms with Crippen molar-refractivity contribution in [3.05, 3.63) is 17.0 Å². The molecule has 0 radical (unpaired) electrons. The number of fused-ring (bicyclic) bond motifs is 1. The van der Waals surface area contributed by atoms with Crippen LogP contribution < -0.4 is 0 Å². The number of rotatable bonds is 6. The highest BCUT2D eigenvalue weighted by molar-refractivity contribution is 5.77. The van der Waals surface area contributed by atoms with Crippen molar-refractivity contribution in [1.82, 2.24) is 15.1 Å². The lowest BCUT2D eigenvalue weighted by molar-refractivity contribution is -0.137. The number of nitrogens with zero attached hydrogens (tertiary/aromatic N) is 2. The lowest BCUT2D eigenvalue weighted by Gasteiger charge is -2.23. The Hall–Kier alpha value is -1.40. The third kappa shape index (κ3) is 4.57. The predicted molar refractivity (Wildman–Crippen MR) is 90.7 cm³/mol. The molecule has 1 aliphatic heterocycles. The van der Waals surface area contributed by atoms with E-state index in [-0.39, 0.29) is 18.6 Å². The summed E-state index contributed by atoms with van der Waals surface area (Å²) in [6.45, 7) is 1.99. The molecule has 24 heavy (non-hydrogen) atoms. The smallest absolute Gasteiger partial charge is 0.248 e. The van der Waals surface area contributed by atoms with Crippen molar-refractivity contribution >= 4 is 5.91 Å². The molecule has 1 aromatic rings. The van der Waals surface area contributed by atoms with Gasteiger partial charge in [0, 0.05) is 19.3 Å². The molecule has 3 rings (SSSR count). The van der Waals surface area contributed by atoms with Crippen LogP contribution in [0.15, 0.2) is 0 Å². The van der Waals surface area contributed by atoms with E-state index in [1.807, 2.05) is 7.05 Å². The first-order chi connectivity index (χ1) is 11.7. The highest BCUT2D eigenvalue weighted by Crippen LogP contribution is 2.22. The van der Waals surface area contributed by atoms with Gasteiger partial charge in [0.15, 0.2) is 0 Å². The summed E-state index contributed by atoms with van der Waals surface area (Å²) in [5, 5.41) is 7.60. The Balaban J connectivity index is 1.45. The minimum atomic E-state index is -0.00354. The predicted octanol–water partition coefficient (Wildman–Crippen LogP) is 2.22. The molecule has 1 unspecified atom stereocenters. The van der Waals surface area contributed by atoms with E-state index in [1.54, 1.807) is 4.90 Å². The molecule has 6 nitrogen and oxygen atoms in total. The summed E-state index contributed by atoms with van der Waals surface area (Å²) in [5.74, 6) is -0.00354. The van der Waals surface area contributed by atoms with Gasteiger partial charge in [0.1, 0.15) is 6.61 Å².